The molecule has 0 bridgehead atoms. The lowest BCUT2D eigenvalue weighted by Crippen LogP contribution is -2.14. The Hall–Kier alpha value is -1.65. The van der Waals surface area contributed by atoms with E-state index in [0.29, 0.717) is 10.7 Å². The second-order valence-electron chi connectivity index (χ2n) is 4.55. The molecule has 0 spiro atoms. The number of aliphatic hydroxyl groups is 1. The fourth-order valence-corrected chi connectivity index (χ4v) is 2.05. The third kappa shape index (κ3) is 3.46. The SMILES string of the molecule is Cc1ccc(Cl)c(NCC(O)c2cc(F)ccc2F)c1. The average Bonchev–Trinajstić information content (AvgIpc) is 2.42. The molecule has 0 aromatic heterocycles. The molecule has 2 aromatic carbocycles. The first-order valence-electron chi connectivity index (χ1n) is 6.10. The van der Waals surface area contributed by atoms with Gasteiger partial charge in [-0.15, -0.1) is 0 Å². The first-order chi connectivity index (χ1) is 9.47. The smallest absolute Gasteiger partial charge is 0.129 e. The predicted molar refractivity (Wildman–Crippen MR) is 76.0 cm³/mol. The third-order valence-corrected chi connectivity index (χ3v) is 3.25. The monoisotopic (exact) mass is 297 g/mol. The van der Waals surface area contributed by atoms with Gasteiger partial charge in [0.2, 0.25) is 0 Å². The normalized spacial score (nSPS) is 12.2. The van der Waals surface area contributed by atoms with Crippen LogP contribution in [0.15, 0.2) is 36.4 Å². The highest BCUT2D eigenvalue weighted by Gasteiger charge is 2.14. The number of aryl methyl sites for hydroxylation is 1. The minimum atomic E-state index is -1.16. The van der Waals surface area contributed by atoms with Crippen LogP contribution in [0.2, 0.25) is 5.02 Å². The highest BCUT2D eigenvalue weighted by Crippen LogP contribution is 2.24. The highest BCUT2D eigenvalue weighted by molar-refractivity contribution is 6.33. The summed E-state index contributed by atoms with van der Waals surface area (Å²) in [6, 6.07) is 8.39. The minimum Gasteiger partial charge on any atom is -0.386 e. The second-order valence-corrected chi connectivity index (χ2v) is 4.95. The fourth-order valence-electron chi connectivity index (χ4n) is 1.86. The number of benzene rings is 2. The van der Waals surface area contributed by atoms with Crippen LogP contribution in [-0.4, -0.2) is 11.7 Å². The molecular weight excluding hydrogens is 284 g/mol. The molecule has 20 heavy (non-hydrogen) atoms. The molecular formula is C15H14ClF2NO. The van der Waals surface area contributed by atoms with Crippen molar-refractivity contribution in [2.45, 2.75) is 13.0 Å². The first-order valence-corrected chi connectivity index (χ1v) is 6.48. The lowest BCUT2D eigenvalue weighted by atomic mass is 10.1. The van der Waals surface area contributed by atoms with E-state index in [1.165, 1.54) is 0 Å². The number of aliphatic hydroxyl groups excluding tert-OH is 1. The molecule has 0 heterocycles. The van der Waals surface area contributed by atoms with E-state index in [4.69, 9.17) is 11.6 Å². The van der Waals surface area contributed by atoms with Crippen molar-refractivity contribution in [3.8, 4) is 0 Å². The molecule has 1 unspecified atom stereocenters. The van der Waals surface area contributed by atoms with Gasteiger partial charge in [-0.1, -0.05) is 17.7 Å². The van der Waals surface area contributed by atoms with Crippen molar-refractivity contribution < 1.29 is 13.9 Å². The van der Waals surface area contributed by atoms with Crippen molar-refractivity contribution in [1.29, 1.82) is 0 Å². The van der Waals surface area contributed by atoms with Crippen molar-refractivity contribution in [2.24, 2.45) is 0 Å². The maximum absolute atomic E-state index is 13.5. The lowest BCUT2D eigenvalue weighted by molar-refractivity contribution is 0.186. The molecule has 0 amide bonds. The Morgan fingerprint density at radius 3 is 2.70 bits per heavy atom. The van der Waals surface area contributed by atoms with Gasteiger partial charge >= 0.3 is 0 Å². The molecule has 0 aliphatic rings. The molecule has 0 aliphatic carbocycles. The molecule has 0 aliphatic heterocycles. The van der Waals surface area contributed by atoms with Gasteiger partial charge in [-0.2, -0.15) is 0 Å². The van der Waals surface area contributed by atoms with E-state index in [-0.39, 0.29) is 12.1 Å². The van der Waals surface area contributed by atoms with Gasteiger partial charge in [0.25, 0.3) is 0 Å². The number of anilines is 1. The van der Waals surface area contributed by atoms with Crippen LogP contribution in [0.1, 0.15) is 17.2 Å². The van der Waals surface area contributed by atoms with Crippen LogP contribution < -0.4 is 5.32 Å². The van der Waals surface area contributed by atoms with E-state index in [1.807, 2.05) is 19.1 Å². The molecule has 5 heteroatoms. The summed E-state index contributed by atoms with van der Waals surface area (Å²) in [6.07, 6.45) is -1.16. The van der Waals surface area contributed by atoms with Gasteiger partial charge in [-0.25, -0.2) is 8.78 Å². The predicted octanol–water partition coefficient (Wildman–Crippen LogP) is 4.07. The summed E-state index contributed by atoms with van der Waals surface area (Å²) in [5.41, 5.74) is 1.56. The lowest BCUT2D eigenvalue weighted by Gasteiger charge is -2.15. The van der Waals surface area contributed by atoms with E-state index in [0.717, 1.165) is 23.8 Å². The molecule has 2 N–H and O–H groups in total. The summed E-state index contributed by atoms with van der Waals surface area (Å²) in [5.74, 6) is -1.23. The van der Waals surface area contributed by atoms with Crippen LogP contribution in [0.5, 0.6) is 0 Å². The van der Waals surface area contributed by atoms with Gasteiger partial charge < -0.3 is 10.4 Å². The standard InChI is InChI=1S/C15H14ClF2NO/c1-9-2-4-12(16)14(6-9)19-8-15(20)11-7-10(17)3-5-13(11)18/h2-7,15,19-20H,8H2,1H3. The third-order valence-electron chi connectivity index (χ3n) is 2.92. The second kappa shape index (κ2) is 6.20. The molecule has 1 atom stereocenters. The zero-order valence-corrected chi connectivity index (χ0v) is 11.6. The molecule has 2 rings (SSSR count). The first kappa shape index (κ1) is 14.8. The number of nitrogens with one attached hydrogen (secondary N) is 1. The summed E-state index contributed by atoms with van der Waals surface area (Å²) < 4.78 is 26.6. The Morgan fingerprint density at radius 2 is 1.95 bits per heavy atom. The van der Waals surface area contributed by atoms with Gasteiger partial charge in [0.1, 0.15) is 11.6 Å². The Bertz CT molecular complexity index is 619. The Kier molecular flexibility index (Phi) is 4.57. The summed E-state index contributed by atoms with van der Waals surface area (Å²) in [4.78, 5) is 0. The van der Waals surface area contributed by atoms with Crippen LogP contribution in [0.3, 0.4) is 0 Å². The van der Waals surface area contributed by atoms with E-state index in [1.54, 1.807) is 6.07 Å². The van der Waals surface area contributed by atoms with Crippen molar-refractivity contribution in [2.75, 3.05) is 11.9 Å². The van der Waals surface area contributed by atoms with Gasteiger partial charge in [-0.05, 0) is 42.8 Å². The van der Waals surface area contributed by atoms with Crippen molar-refractivity contribution in [3.05, 3.63) is 64.2 Å². The number of halogens is 3. The quantitative estimate of drug-likeness (QED) is 0.891. The number of rotatable bonds is 4. The Morgan fingerprint density at radius 1 is 1.20 bits per heavy atom. The summed E-state index contributed by atoms with van der Waals surface area (Å²) in [5, 5.41) is 13.4. The van der Waals surface area contributed by atoms with Crippen LogP contribution in [0.4, 0.5) is 14.5 Å². The van der Waals surface area contributed by atoms with Gasteiger partial charge in [0.05, 0.1) is 16.8 Å². The summed E-state index contributed by atoms with van der Waals surface area (Å²) in [6.45, 7) is 1.94. The molecule has 0 fully saturated rings. The summed E-state index contributed by atoms with van der Waals surface area (Å²) in [7, 11) is 0. The summed E-state index contributed by atoms with van der Waals surface area (Å²) >= 11 is 6.00. The van der Waals surface area contributed by atoms with E-state index < -0.39 is 17.7 Å². The number of hydrogen-bond donors (Lipinski definition) is 2. The zero-order valence-electron chi connectivity index (χ0n) is 10.8. The van der Waals surface area contributed by atoms with E-state index in [2.05, 4.69) is 5.32 Å². The maximum atomic E-state index is 13.5. The molecule has 106 valence electrons. The van der Waals surface area contributed by atoms with Gasteiger partial charge in [-0.3, -0.25) is 0 Å². The average molecular weight is 298 g/mol. The van der Waals surface area contributed by atoms with Gasteiger partial charge in [0.15, 0.2) is 0 Å². The molecule has 0 saturated carbocycles. The van der Waals surface area contributed by atoms with Crippen molar-refractivity contribution in [3.63, 3.8) is 0 Å². The van der Waals surface area contributed by atoms with Crippen LogP contribution >= 0.6 is 11.6 Å². The fraction of sp³-hybridized carbons (Fsp3) is 0.200. The zero-order chi connectivity index (χ0) is 14.7. The Labute approximate surface area is 121 Å². The van der Waals surface area contributed by atoms with Crippen LogP contribution in [0.25, 0.3) is 0 Å². The van der Waals surface area contributed by atoms with Crippen molar-refractivity contribution in [1.82, 2.24) is 0 Å². The molecule has 2 aromatic rings. The highest BCUT2D eigenvalue weighted by atomic mass is 35.5. The Balaban J connectivity index is 2.10. The maximum Gasteiger partial charge on any atom is 0.129 e. The molecule has 0 saturated heterocycles. The van der Waals surface area contributed by atoms with Gasteiger partial charge in [0, 0.05) is 12.1 Å². The topological polar surface area (TPSA) is 32.3 Å². The van der Waals surface area contributed by atoms with Crippen LogP contribution in [-0.2, 0) is 0 Å². The van der Waals surface area contributed by atoms with E-state index >= 15 is 0 Å². The minimum absolute atomic E-state index is 0.0313. The molecule has 2 nitrogen and oxygen atoms in total. The molecule has 0 radical (unpaired) electrons. The largest absolute Gasteiger partial charge is 0.386 e. The van der Waals surface area contributed by atoms with Crippen molar-refractivity contribution >= 4 is 17.3 Å². The number of hydrogen-bond acceptors (Lipinski definition) is 2. The van der Waals surface area contributed by atoms with E-state index in [9.17, 15) is 13.9 Å². The van der Waals surface area contributed by atoms with Crippen LogP contribution in [0, 0.1) is 18.6 Å².